The predicted molar refractivity (Wildman–Crippen MR) is 90.4 cm³/mol. The zero-order valence-electron chi connectivity index (χ0n) is 13.3. The molecule has 0 fully saturated rings. The number of benzene rings is 1. The molecular formula is C17H19ClN2O3. The van der Waals surface area contributed by atoms with Gasteiger partial charge in [0.15, 0.2) is 0 Å². The average Bonchev–Trinajstić information content (AvgIpc) is 2.44. The first kappa shape index (κ1) is 17.1. The van der Waals surface area contributed by atoms with Gasteiger partial charge in [-0.2, -0.15) is 0 Å². The Bertz CT molecular complexity index is 750. The van der Waals surface area contributed by atoms with Gasteiger partial charge in [-0.3, -0.25) is 9.59 Å². The van der Waals surface area contributed by atoms with E-state index in [9.17, 15) is 9.59 Å². The maximum Gasteiger partial charge on any atom is 0.254 e. The Morgan fingerprint density at radius 2 is 1.91 bits per heavy atom. The lowest BCUT2D eigenvalue weighted by molar-refractivity contribution is 0.0926. The van der Waals surface area contributed by atoms with Crippen molar-refractivity contribution in [3.8, 4) is 5.75 Å². The van der Waals surface area contributed by atoms with Crippen molar-refractivity contribution in [3.63, 3.8) is 0 Å². The van der Waals surface area contributed by atoms with Crippen molar-refractivity contribution in [2.24, 2.45) is 0 Å². The third-order valence-electron chi connectivity index (χ3n) is 3.19. The molecule has 1 amide bonds. The highest BCUT2D eigenvalue weighted by atomic mass is 35.5. The molecule has 1 unspecified atom stereocenters. The molecule has 0 aliphatic heterocycles. The lowest BCUT2D eigenvalue weighted by Gasteiger charge is -2.16. The number of aryl methyl sites for hydroxylation is 2. The van der Waals surface area contributed by atoms with E-state index in [2.05, 4.69) is 16.4 Å². The lowest BCUT2D eigenvalue weighted by atomic mass is 10.1. The molecule has 0 bridgehead atoms. The number of halogens is 1. The van der Waals surface area contributed by atoms with Crippen LogP contribution in [0.4, 0.5) is 0 Å². The van der Waals surface area contributed by atoms with E-state index in [1.807, 2.05) is 32.9 Å². The number of ether oxygens (including phenoxy) is 1. The highest BCUT2D eigenvalue weighted by Crippen LogP contribution is 2.16. The van der Waals surface area contributed by atoms with Crippen LogP contribution in [0.15, 0.2) is 35.3 Å². The molecular weight excluding hydrogens is 316 g/mol. The van der Waals surface area contributed by atoms with Crippen molar-refractivity contribution in [2.45, 2.75) is 26.8 Å². The van der Waals surface area contributed by atoms with Gasteiger partial charge < -0.3 is 15.0 Å². The number of H-pyrrole nitrogens is 1. The zero-order valence-corrected chi connectivity index (χ0v) is 14.0. The fourth-order valence-electron chi connectivity index (χ4n) is 2.20. The zero-order chi connectivity index (χ0) is 17.0. The smallest absolute Gasteiger partial charge is 0.254 e. The van der Waals surface area contributed by atoms with Gasteiger partial charge in [0, 0.05) is 12.3 Å². The summed E-state index contributed by atoms with van der Waals surface area (Å²) in [6.45, 7) is 6.17. The van der Waals surface area contributed by atoms with E-state index in [0.29, 0.717) is 6.61 Å². The van der Waals surface area contributed by atoms with E-state index >= 15 is 0 Å². The summed E-state index contributed by atoms with van der Waals surface area (Å²) in [5.74, 6) is 0.411. The van der Waals surface area contributed by atoms with Gasteiger partial charge in [-0.15, -0.1) is 0 Å². The molecule has 2 rings (SSSR count). The molecule has 0 saturated carbocycles. The van der Waals surface area contributed by atoms with Crippen LogP contribution in [-0.2, 0) is 0 Å². The number of hydrogen-bond donors (Lipinski definition) is 2. The monoisotopic (exact) mass is 334 g/mol. The molecule has 0 saturated heterocycles. The minimum atomic E-state index is -0.359. The van der Waals surface area contributed by atoms with Gasteiger partial charge in [-0.25, -0.2) is 0 Å². The Morgan fingerprint density at radius 1 is 1.26 bits per heavy atom. The molecule has 0 radical (unpaired) electrons. The summed E-state index contributed by atoms with van der Waals surface area (Å²) in [6.07, 6.45) is 1.30. The van der Waals surface area contributed by atoms with Gasteiger partial charge in [-0.05, 0) is 44.0 Å². The Labute approximate surface area is 139 Å². The molecule has 2 N–H and O–H groups in total. The quantitative estimate of drug-likeness (QED) is 0.883. The van der Waals surface area contributed by atoms with Gasteiger partial charge in [0.25, 0.3) is 5.91 Å². The molecule has 1 aromatic heterocycles. The number of hydrogen-bond acceptors (Lipinski definition) is 3. The third kappa shape index (κ3) is 4.86. The average molecular weight is 335 g/mol. The maximum absolute atomic E-state index is 12.1. The highest BCUT2D eigenvalue weighted by Gasteiger charge is 2.14. The van der Waals surface area contributed by atoms with Crippen LogP contribution >= 0.6 is 11.6 Å². The van der Waals surface area contributed by atoms with Crippen molar-refractivity contribution in [1.29, 1.82) is 0 Å². The molecule has 5 nitrogen and oxygen atoms in total. The first-order valence-electron chi connectivity index (χ1n) is 7.25. The van der Waals surface area contributed by atoms with Crippen LogP contribution in [0.25, 0.3) is 0 Å². The second kappa shape index (κ2) is 7.33. The van der Waals surface area contributed by atoms with Crippen molar-refractivity contribution in [1.82, 2.24) is 10.3 Å². The summed E-state index contributed by atoms with van der Waals surface area (Å²) in [5.41, 5.74) is 2.12. The van der Waals surface area contributed by atoms with Crippen LogP contribution in [0.5, 0.6) is 5.75 Å². The molecule has 122 valence electrons. The van der Waals surface area contributed by atoms with E-state index in [4.69, 9.17) is 16.3 Å². The number of carbonyl (C=O) groups is 1. The molecule has 1 aromatic carbocycles. The number of aromatic amines is 1. The Balaban J connectivity index is 1.95. The maximum atomic E-state index is 12.1. The van der Waals surface area contributed by atoms with E-state index < -0.39 is 0 Å². The summed E-state index contributed by atoms with van der Waals surface area (Å²) in [7, 11) is 0. The second-order valence-electron chi connectivity index (χ2n) is 5.57. The van der Waals surface area contributed by atoms with E-state index in [1.54, 1.807) is 0 Å². The number of aromatic nitrogens is 1. The predicted octanol–water partition coefficient (Wildman–Crippen LogP) is 2.84. The van der Waals surface area contributed by atoms with Crippen LogP contribution in [0.3, 0.4) is 0 Å². The highest BCUT2D eigenvalue weighted by molar-refractivity contribution is 6.33. The number of amides is 1. The third-order valence-corrected chi connectivity index (χ3v) is 3.50. The lowest BCUT2D eigenvalue weighted by Crippen LogP contribution is -2.37. The molecule has 2 aromatic rings. The topological polar surface area (TPSA) is 71.2 Å². The first-order valence-corrected chi connectivity index (χ1v) is 7.63. The van der Waals surface area contributed by atoms with Crippen LogP contribution in [0.1, 0.15) is 28.4 Å². The molecule has 23 heavy (non-hydrogen) atoms. The summed E-state index contributed by atoms with van der Waals surface area (Å²) >= 11 is 5.90. The number of pyridine rings is 1. The summed E-state index contributed by atoms with van der Waals surface area (Å²) in [4.78, 5) is 25.7. The second-order valence-corrected chi connectivity index (χ2v) is 5.98. The van der Waals surface area contributed by atoms with Gasteiger partial charge in [0.05, 0.1) is 16.6 Å². The molecule has 0 aliphatic carbocycles. The minimum absolute atomic E-state index is 0.119. The van der Waals surface area contributed by atoms with E-state index in [0.717, 1.165) is 16.9 Å². The largest absolute Gasteiger partial charge is 0.491 e. The number of nitrogens with one attached hydrogen (secondary N) is 2. The number of carbonyl (C=O) groups excluding carboxylic acids is 1. The SMILES string of the molecule is Cc1cc(C)cc(OCC(C)NC(=O)c2c[nH]c(=O)cc2Cl)c1. The van der Waals surface area contributed by atoms with Gasteiger partial charge in [0.2, 0.25) is 5.56 Å². The van der Waals surface area contributed by atoms with E-state index in [-0.39, 0.29) is 28.1 Å². The minimum Gasteiger partial charge on any atom is -0.491 e. The van der Waals surface area contributed by atoms with Gasteiger partial charge in [-0.1, -0.05) is 17.7 Å². The van der Waals surface area contributed by atoms with Crippen LogP contribution in [-0.4, -0.2) is 23.5 Å². The van der Waals surface area contributed by atoms with E-state index in [1.165, 1.54) is 12.3 Å². The fourth-order valence-corrected chi connectivity index (χ4v) is 2.44. The summed E-state index contributed by atoms with van der Waals surface area (Å²) in [6, 6.07) is 6.91. The Hall–Kier alpha value is -2.27. The summed E-state index contributed by atoms with van der Waals surface area (Å²) in [5, 5.41) is 2.90. The first-order chi connectivity index (χ1) is 10.8. The fraction of sp³-hybridized carbons (Fsp3) is 0.294. The van der Waals surface area contributed by atoms with Crippen LogP contribution < -0.4 is 15.6 Å². The Kier molecular flexibility index (Phi) is 5.45. The summed E-state index contributed by atoms with van der Waals surface area (Å²) < 4.78 is 5.71. The van der Waals surface area contributed by atoms with Crippen LogP contribution in [0, 0.1) is 13.8 Å². The number of rotatable bonds is 5. The van der Waals surface area contributed by atoms with Gasteiger partial charge >= 0.3 is 0 Å². The van der Waals surface area contributed by atoms with Crippen molar-refractivity contribution < 1.29 is 9.53 Å². The molecule has 1 atom stereocenters. The Morgan fingerprint density at radius 3 is 2.52 bits per heavy atom. The standard InChI is InChI=1S/C17H19ClN2O3/c1-10-4-11(2)6-13(5-10)23-9-12(3)20-17(22)14-8-19-16(21)7-15(14)18/h4-8,12H,9H2,1-3H3,(H,19,21)(H,20,22). The van der Waals surface area contributed by atoms with Crippen LogP contribution in [0.2, 0.25) is 5.02 Å². The molecule has 6 heteroatoms. The van der Waals surface area contributed by atoms with Crippen molar-refractivity contribution in [3.05, 3.63) is 62.5 Å². The molecule has 0 spiro atoms. The molecule has 1 heterocycles. The van der Waals surface area contributed by atoms with Gasteiger partial charge in [0.1, 0.15) is 12.4 Å². The van der Waals surface area contributed by atoms with Crippen molar-refractivity contribution in [2.75, 3.05) is 6.61 Å². The van der Waals surface area contributed by atoms with Crippen molar-refractivity contribution >= 4 is 17.5 Å². The molecule has 0 aliphatic rings. The normalized spacial score (nSPS) is 11.8.